The second-order valence-electron chi connectivity index (χ2n) is 7.87. The number of nitrogens with one attached hydrogen (secondary N) is 1. The van der Waals surface area contributed by atoms with Crippen molar-refractivity contribution >= 4 is 32.3 Å². The largest absolute Gasteiger partial charge is 0.426 e. The predicted octanol–water partition coefficient (Wildman–Crippen LogP) is 5.18. The molecule has 2 aromatic rings. The highest BCUT2D eigenvalue weighted by Crippen LogP contribution is 2.40. The minimum absolute atomic E-state index is 0.0301. The summed E-state index contributed by atoms with van der Waals surface area (Å²) in [5.41, 5.74) is 1.85. The SMILES string of the molecule is CC(Br)c1oc(=O)c2ccccc2c1C1=CC(C)(C)NC(C)(C)C1. The van der Waals surface area contributed by atoms with Crippen LogP contribution in [0.1, 0.15) is 57.2 Å². The molecule has 1 aliphatic heterocycles. The van der Waals surface area contributed by atoms with Crippen molar-refractivity contribution in [2.75, 3.05) is 0 Å². The Morgan fingerprint density at radius 3 is 2.38 bits per heavy atom. The number of benzene rings is 1. The summed E-state index contributed by atoms with van der Waals surface area (Å²) in [5.74, 6) is 0.707. The predicted molar refractivity (Wildman–Crippen MR) is 104 cm³/mol. The smallest absolute Gasteiger partial charge is 0.343 e. The maximum atomic E-state index is 12.4. The van der Waals surface area contributed by atoms with E-state index in [9.17, 15) is 4.79 Å². The first-order chi connectivity index (χ1) is 11.1. The van der Waals surface area contributed by atoms with Crippen molar-refractivity contribution in [3.8, 4) is 0 Å². The maximum Gasteiger partial charge on any atom is 0.343 e. The van der Waals surface area contributed by atoms with Gasteiger partial charge in [0.25, 0.3) is 0 Å². The molecule has 3 rings (SSSR count). The molecule has 1 N–H and O–H groups in total. The van der Waals surface area contributed by atoms with Gasteiger partial charge in [-0.25, -0.2) is 4.79 Å². The van der Waals surface area contributed by atoms with Crippen LogP contribution in [0.3, 0.4) is 0 Å². The quantitative estimate of drug-likeness (QED) is 0.719. The molecule has 0 fully saturated rings. The third-order valence-electron chi connectivity index (χ3n) is 4.38. The van der Waals surface area contributed by atoms with E-state index < -0.39 is 0 Å². The van der Waals surface area contributed by atoms with E-state index in [0.717, 1.165) is 17.4 Å². The lowest BCUT2D eigenvalue weighted by Gasteiger charge is -2.41. The standard InChI is InChI=1S/C20H24BrNO2/c1-12(21)17-16(13-10-19(2,3)22-20(4,5)11-13)14-8-6-7-9-15(14)18(23)24-17/h6-10,12,22H,11H2,1-5H3. The summed E-state index contributed by atoms with van der Waals surface area (Å²) in [6, 6.07) is 7.71. The minimum atomic E-state index is -0.274. The Morgan fingerprint density at radius 1 is 1.17 bits per heavy atom. The Bertz CT molecular complexity index is 875. The third-order valence-corrected chi connectivity index (χ3v) is 4.79. The average molecular weight is 390 g/mol. The number of hydrogen-bond acceptors (Lipinski definition) is 3. The zero-order valence-electron chi connectivity index (χ0n) is 14.9. The van der Waals surface area contributed by atoms with Gasteiger partial charge in [0.2, 0.25) is 0 Å². The van der Waals surface area contributed by atoms with E-state index in [1.54, 1.807) is 0 Å². The number of fused-ring (bicyclic) bond motifs is 1. The molecule has 2 heterocycles. The van der Waals surface area contributed by atoms with Crippen molar-refractivity contribution in [3.05, 3.63) is 52.1 Å². The summed E-state index contributed by atoms with van der Waals surface area (Å²) in [6.45, 7) is 10.8. The lowest BCUT2D eigenvalue weighted by atomic mass is 9.79. The van der Waals surface area contributed by atoms with Crippen LogP contribution in [-0.2, 0) is 0 Å². The molecule has 0 saturated carbocycles. The molecule has 4 heteroatoms. The van der Waals surface area contributed by atoms with Gasteiger partial charge in [-0.2, -0.15) is 0 Å². The van der Waals surface area contributed by atoms with E-state index in [0.29, 0.717) is 11.1 Å². The topological polar surface area (TPSA) is 42.2 Å². The van der Waals surface area contributed by atoms with Gasteiger partial charge >= 0.3 is 5.63 Å². The van der Waals surface area contributed by atoms with E-state index in [1.807, 2.05) is 31.2 Å². The van der Waals surface area contributed by atoms with Crippen LogP contribution in [0.2, 0.25) is 0 Å². The Balaban J connectivity index is 2.37. The maximum absolute atomic E-state index is 12.4. The molecule has 128 valence electrons. The second-order valence-corrected chi connectivity index (χ2v) is 9.24. The van der Waals surface area contributed by atoms with Crippen LogP contribution in [0.5, 0.6) is 0 Å². The molecule has 0 amide bonds. The van der Waals surface area contributed by atoms with Crippen LogP contribution in [0.15, 0.2) is 39.6 Å². The normalized spacial score (nSPS) is 20.7. The number of alkyl halides is 1. The van der Waals surface area contributed by atoms with Crippen LogP contribution < -0.4 is 10.9 Å². The number of hydrogen-bond donors (Lipinski definition) is 1. The second kappa shape index (κ2) is 5.85. The monoisotopic (exact) mass is 389 g/mol. The van der Waals surface area contributed by atoms with Gasteiger partial charge in [0.15, 0.2) is 0 Å². The molecule has 24 heavy (non-hydrogen) atoms. The van der Waals surface area contributed by atoms with Crippen LogP contribution in [0, 0.1) is 0 Å². The van der Waals surface area contributed by atoms with Gasteiger partial charge < -0.3 is 9.73 Å². The Morgan fingerprint density at radius 2 is 1.79 bits per heavy atom. The lowest BCUT2D eigenvalue weighted by molar-refractivity contribution is 0.297. The fourth-order valence-corrected chi connectivity index (χ4v) is 4.23. The van der Waals surface area contributed by atoms with Gasteiger partial charge in [0, 0.05) is 16.6 Å². The molecule has 3 nitrogen and oxygen atoms in total. The van der Waals surface area contributed by atoms with Crippen LogP contribution in [0.4, 0.5) is 0 Å². The number of rotatable bonds is 2. The van der Waals surface area contributed by atoms with Gasteiger partial charge in [-0.05, 0) is 58.1 Å². The van der Waals surface area contributed by atoms with Gasteiger partial charge in [0.05, 0.1) is 10.2 Å². The molecule has 0 saturated heterocycles. The van der Waals surface area contributed by atoms with E-state index in [2.05, 4.69) is 55.0 Å². The van der Waals surface area contributed by atoms with Crippen molar-refractivity contribution in [3.63, 3.8) is 0 Å². The van der Waals surface area contributed by atoms with Crippen molar-refractivity contribution in [1.82, 2.24) is 5.32 Å². The molecular formula is C20H24BrNO2. The first-order valence-corrected chi connectivity index (χ1v) is 9.22. The first-order valence-electron chi connectivity index (χ1n) is 8.31. The van der Waals surface area contributed by atoms with Crippen LogP contribution in [0.25, 0.3) is 16.3 Å². The summed E-state index contributed by atoms with van der Waals surface area (Å²) in [5, 5.41) is 5.27. The Labute approximate surface area is 151 Å². The van der Waals surface area contributed by atoms with E-state index in [4.69, 9.17) is 4.42 Å². The van der Waals surface area contributed by atoms with Crippen molar-refractivity contribution in [1.29, 1.82) is 0 Å². The Hall–Kier alpha value is -1.39. The van der Waals surface area contributed by atoms with Gasteiger partial charge in [-0.1, -0.05) is 40.2 Å². The molecule has 1 unspecified atom stereocenters. The molecular weight excluding hydrogens is 366 g/mol. The molecule has 0 bridgehead atoms. The zero-order valence-corrected chi connectivity index (χ0v) is 16.5. The van der Waals surface area contributed by atoms with Crippen molar-refractivity contribution < 1.29 is 4.42 Å². The summed E-state index contributed by atoms with van der Waals surface area (Å²) in [7, 11) is 0. The van der Waals surface area contributed by atoms with E-state index >= 15 is 0 Å². The summed E-state index contributed by atoms with van der Waals surface area (Å²) in [4.78, 5) is 12.3. The highest BCUT2D eigenvalue weighted by molar-refractivity contribution is 9.09. The number of halogens is 1. The Kier molecular flexibility index (Phi) is 4.25. The molecule has 1 aliphatic rings. The molecule has 0 aliphatic carbocycles. The van der Waals surface area contributed by atoms with Crippen LogP contribution >= 0.6 is 15.9 Å². The highest BCUT2D eigenvalue weighted by Gasteiger charge is 2.34. The van der Waals surface area contributed by atoms with Gasteiger partial charge in [0.1, 0.15) is 5.76 Å². The summed E-state index contributed by atoms with van der Waals surface area (Å²) >= 11 is 3.60. The molecule has 1 atom stereocenters. The van der Waals surface area contributed by atoms with Gasteiger partial charge in [-0.3, -0.25) is 0 Å². The summed E-state index contributed by atoms with van der Waals surface area (Å²) in [6.07, 6.45) is 3.14. The molecule has 0 radical (unpaired) electrons. The zero-order chi connectivity index (χ0) is 17.7. The molecule has 1 aromatic heterocycles. The summed E-state index contributed by atoms with van der Waals surface area (Å²) < 4.78 is 5.71. The highest BCUT2D eigenvalue weighted by atomic mass is 79.9. The molecule has 1 aromatic carbocycles. The third kappa shape index (κ3) is 3.22. The van der Waals surface area contributed by atoms with E-state index in [-0.39, 0.29) is 21.5 Å². The molecule has 0 spiro atoms. The van der Waals surface area contributed by atoms with Crippen LogP contribution in [-0.4, -0.2) is 11.1 Å². The van der Waals surface area contributed by atoms with Gasteiger partial charge in [-0.15, -0.1) is 0 Å². The van der Waals surface area contributed by atoms with Crippen molar-refractivity contribution in [2.24, 2.45) is 0 Å². The minimum Gasteiger partial charge on any atom is -0.426 e. The first kappa shape index (κ1) is 17.4. The fraction of sp³-hybridized carbons (Fsp3) is 0.450. The average Bonchev–Trinajstić information content (AvgIpc) is 2.43. The van der Waals surface area contributed by atoms with E-state index in [1.165, 1.54) is 5.57 Å². The lowest BCUT2D eigenvalue weighted by Crippen LogP contribution is -2.53. The fourth-order valence-electron chi connectivity index (χ4n) is 3.90. The van der Waals surface area contributed by atoms with Crippen molar-refractivity contribution in [2.45, 2.75) is 56.9 Å².